The molecular weight excluding hydrogens is 220 g/mol. The van der Waals surface area contributed by atoms with Gasteiger partial charge in [0.15, 0.2) is 0 Å². The molecule has 2 aromatic rings. The molecule has 3 heterocycles. The molecule has 3 rings (SSSR count). The zero-order valence-corrected chi connectivity index (χ0v) is 9.80. The number of hydrogen-bond acceptors (Lipinski definition) is 4. The van der Waals surface area contributed by atoms with E-state index in [0.717, 1.165) is 30.8 Å². The highest BCUT2D eigenvalue weighted by molar-refractivity contribution is 7.17. The molecule has 0 unspecified atom stereocenters. The van der Waals surface area contributed by atoms with Gasteiger partial charge in [0.05, 0.1) is 5.39 Å². The number of hydrogen-bond donors (Lipinski definition) is 1. The van der Waals surface area contributed by atoms with Crippen LogP contribution >= 0.6 is 11.3 Å². The van der Waals surface area contributed by atoms with E-state index in [2.05, 4.69) is 21.7 Å². The molecule has 16 heavy (non-hydrogen) atoms. The van der Waals surface area contributed by atoms with Gasteiger partial charge in [0.2, 0.25) is 5.88 Å². The predicted molar refractivity (Wildman–Crippen MR) is 66.1 cm³/mol. The fourth-order valence-corrected chi connectivity index (χ4v) is 2.81. The lowest BCUT2D eigenvalue weighted by molar-refractivity contribution is 0.163. The first kappa shape index (κ1) is 10.1. The van der Waals surface area contributed by atoms with E-state index in [1.54, 1.807) is 11.3 Å². The molecule has 1 aliphatic heterocycles. The van der Waals surface area contributed by atoms with Crippen LogP contribution in [0.15, 0.2) is 23.7 Å². The van der Waals surface area contributed by atoms with E-state index in [-0.39, 0.29) is 6.10 Å². The van der Waals surface area contributed by atoms with Crippen LogP contribution in [0.25, 0.3) is 10.1 Å². The predicted octanol–water partition coefficient (Wildman–Crippen LogP) is 2.43. The van der Waals surface area contributed by atoms with Crippen molar-refractivity contribution in [3.8, 4) is 5.88 Å². The summed E-state index contributed by atoms with van der Waals surface area (Å²) in [7, 11) is 0. The summed E-state index contributed by atoms with van der Waals surface area (Å²) in [5, 5.41) is 6.57. The topological polar surface area (TPSA) is 34.1 Å². The third kappa shape index (κ3) is 1.90. The van der Waals surface area contributed by atoms with Crippen LogP contribution in [0.5, 0.6) is 5.88 Å². The van der Waals surface area contributed by atoms with Crippen LogP contribution in [0.2, 0.25) is 0 Å². The van der Waals surface area contributed by atoms with Crippen molar-refractivity contribution >= 4 is 21.4 Å². The number of piperidine rings is 1. The highest BCUT2D eigenvalue weighted by atomic mass is 32.1. The number of nitrogens with one attached hydrogen (secondary N) is 1. The normalized spacial score (nSPS) is 21.1. The summed E-state index contributed by atoms with van der Waals surface area (Å²) in [6, 6.07) is 4.12. The highest BCUT2D eigenvalue weighted by Gasteiger charge is 2.16. The Bertz CT molecular complexity index is 477. The highest BCUT2D eigenvalue weighted by Crippen LogP contribution is 2.28. The van der Waals surface area contributed by atoms with Gasteiger partial charge in [-0.25, -0.2) is 4.98 Å². The smallest absolute Gasteiger partial charge is 0.222 e. The van der Waals surface area contributed by atoms with E-state index in [0.29, 0.717) is 0 Å². The molecule has 1 saturated heterocycles. The van der Waals surface area contributed by atoms with Gasteiger partial charge in [-0.05, 0) is 36.9 Å². The summed E-state index contributed by atoms with van der Waals surface area (Å²) in [5.74, 6) is 0.785. The molecule has 0 amide bonds. The molecule has 1 atom stereocenters. The molecule has 0 radical (unpaired) electrons. The summed E-state index contributed by atoms with van der Waals surface area (Å²) in [5.41, 5.74) is 0. The van der Waals surface area contributed by atoms with Crippen LogP contribution in [0.1, 0.15) is 12.8 Å². The summed E-state index contributed by atoms with van der Waals surface area (Å²) in [6.07, 6.45) is 4.40. The molecule has 84 valence electrons. The van der Waals surface area contributed by atoms with Crippen LogP contribution in [0, 0.1) is 0 Å². The number of thiophene rings is 1. The van der Waals surface area contributed by atoms with Crippen LogP contribution in [0.4, 0.5) is 0 Å². The Morgan fingerprint density at radius 1 is 1.44 bits per heavy atom. The van der Waals surface area contributed by atoms with E-state index in [1.807, 2.05) is 12.3 Å². The van der Waals surface area contributed by atoms with Gasteiger partial charge in [0.25, 0.3) is 0 Å². The summed E-state index contributed by atoms with van der Waals surface area (Å²) < 4.78 is 7.20. The Morgan fingerprint density at radius 2 is 2.44 bits per heavy atom. The van der Waals surface area contributed by atoms with Gasteiger partial charge in [-0.2, -0.15) is 0 Å². The minimum atomic E-state index is 0.270. The Labute approximate surface area is 98.5 Å². The average Bonchev–Trinajstić information content (AvgIpc) is 2.80. The Balaban J connectivity index is 1.85. The number of nitrogens with zero attached hydrogens (tertiary/aromatic N) is 1. The minimum absolute atomic E-state index is 0.270. The SMILES string of the molecule is c1cc2sccc2c(O[C@H]2CCCNC2)n1. The van der Waals surface area contributed by atoms with Crippen LogP contribution in [-0.4, -0.2) is 24.2 Å². The van der Waals surface area contributed by atoms with Gasteiger partial charge in [-0.3, -0.25) is 0 Å². The maximum absolute atomic E-state index is 5.96. The van der Waals surface area contributed by atoms with Crippen LogP contribution < -0.4 is 10.1 Å². The van der Waals surface area contributed by atoms with Crippen LogP contribution in [0.3, 0.4) is 0 Å². The zero-order valence-electron chi connectivity index (χ0n) is 8.98. The number of aromatic nitrogens is 1. The Kier molecular flexibility index (Phi) is 2.76. The standard InChI is InChI=1S/C12H14N2OS/c1-2-9(8-13-5-1)15-12-10-4-7-16-11(10)3-6-14-12/h3-4,6-7,9,13H,1-2,5,8H2/t9-/m0/s1. The molecular formula is C12H14N2OS. The van der Waals surface area contributed by atoms with Crippen molar-refractivity contribution in [3.05, 3.63) is 23.7 Å². The zero-order chi connectivity index (χ0) is 10.8. The lowest BCUT2D eigenvalue weighted by atomic mass is 10.1. The molecule has 0 aliphatic carbocycles. The Hall–Kier alpha value is -1.13. The number of rotatable bonds is 2. The fraction of sp³-hybridized carbons (Fsp3) is 0.417. The maximum Gasteiger partial charge on any atom is 0.222 e. The second kappa shape index (κ2) is 4.39. The van der Waals surface area contributed by atoms with Gasteiger partial charge < -0.3 is 10.1 Å². The second-order valence-electron chi connectivity index (χ2n) is 4.03. The first-order valence-corrected chi connectivity index (χ1v) is 6.51. The molecule has 0 bridgehead atoms. The van der Waals surface area contributed by atoms with Crippen molar-refractivity contribution < 1.29 is 4.74 Å². The molecule has 0 spiro atoms. The van der Waals surface area contributed by atoms with Crippen molar-refractivity contribution in [2.45, 2.75) is 18.9 Å². The van der Waals surface area contributed by atoms with E-state index in [4.69, 9.17) is 4.74 Å². The molecule has 3 nitrogen and oxygen atoms in total. The third-order valence-corrected chi connectivity index (χ3v) is 3.76. The van der Waals surface area contributed by atoms with E-state index in [9.17, 15) is 0 Å². The van der Waals surface area contributed by atoms with Gasteiger partial charge in [-0.1, -0.05) is 0 Å². The van der Waals surface area contributed by atoms with Crippen molar-refractivity contribution in [2.75, 3.05) is 13.1 Å². The number of pyridine rings is 1. The molecule has 0 aromatic carbocycles. The van der Waals surface area contributed by atoms with E-state index >= 15 is 0 Å². The van der Waals surface area contributed by atoms with Crippen molar-refractivity contribution in [2.24, 2.45) is 0 Å². The summed E-state index contributed by atoms with van der Waals surface area (Å²) >= 11 is 1.73. The first-order valence-electron chi connectivity index (χ1n) is 5.63. The van der Waals surface area contributed by atoms with Gasteiger partial charge in [0.1, 0.15) is 6.10 Å². The summed E-state index contributed by atoms with van der Waals surface area (Å²) in [6.45, 7) is 2.04. The average molecular weight is 234 g/mol. The van der Waals surface area contributed by atoms with Gasteiger partial charge in [0, 0.05) is 17.4 Å². The van der Waals surface area contributed by atoms with Crippen molar-refractivity contribution in [1.82, 2.24) is 10.3 Å². The lowest BCUT2D eigenvalue weighted by Gasteiger charge is -2.23. The van der Waals surface area contributed by atoms with Crippen molar-refractivity contribution in [1.29, 1.82) is 0 Å². The van der Waals surface area contributed by atoms with Gasteiger partial charge in [-0.15, -0.1) is 11.3 Å². The number of fused-ring (bicyclic) bond motifs is 1. The fourth-order valence-electron chi connectivity index (χ4n) is 2.04. The lowest BCUT2D eigenvalue weighted by Crippen LogP contribution is -2.37. The van der Waals surface area contributed by atoms with E-state index in [1.165, 1.54) is 11.1 Å². The molecule has 4 heteroatoms. The maximum atomic E-state index is 5.96. The number of ether oxygens (including phenoxy) is 1. The second-order valence-corrected chi connectivity index (χ2v) is 4.98. The largest absolute Gasteiger partial charge is 0.473 e. The van der Waals surface area contributed by atoms with Gasteiger partial charge >= 0.3 is 0 Å². The Morgan fingerprint density at radius 3 is 3.31 bits per heavy atom. The first-order chi connectivity index (χ1) is 7.93. The monoisotopic (exact) mass is 234 g/mol. The third-order valence-electron chi connectivity index (χ3n) is 2.87. The molecule has 0 saturated carbocycles. The molecule has 1 aliphatic rings. The molecule has 1 fully saturated rings. The molecule has 1 N–H and O–H groups in total. The van der Waals surface area contributed by atoms with Crippen LogP contribution in [-0.2, 0) is 0 Å². The minimum Gasteiger partial charge on any atom is -0.473 e. The summed E-state index contributed by atoms with van der Waals surface area (Å²) in [4.78, 5) is 4.33. The van der Waals surface area contributed by atoms with E-state index < -0.39 is 0 Å². The quantitative estimate of drug-likeness (QED) is 0.866. The molecule has 2 aromatic heterocycles. The van der Waals surface area contributed by atoms with Crippen molar-refractivity contribution in [3.63, 3.8) is 0 Å².